The molecule has 98 valence electrons. The first-order chi connectivity index (χ1) is 8.83. The number of rotatable bonds is 7. The van der Waals surface area contributed by atoms with Gasteiger partial charge in [-0.3, -0.25) is 5.32 Å². The standard InChI is InChI=1S/C14H22N4/c1-3-4-5-8-11-15-12(2)18-14-10-7-6-9-13(14)16-17-18/h6-7,9-10,12,15H,3-5,8,11H2,1-2H3. The maximum absolute atomic E-state index is 4.21. The smallest absolute Gasteiger partial charge is 0.113 e. The number of benzene rings is 1. The van der Waals surface area contributed by atoms with Crippen molar-refractivity contribution in [1.82, 2.24) is 20.3 Å². The van der Waals surface area contributed by atoms with E-state index < -0.39 is 0 Å². The highest BCUT2D eigenvalue weighted by atomic mass is 15.5. The quantitative estimate of drug-likeness (QED) is 0.763. The van der Waals surface area contributed by atoms with Crippen LogP contribution in [-0.4, -0.2) is 21.5 Å². The summed E-state index contributed by atoms with van der Waals surface area (Å²) in [6.07, 6.45) is 5.32. The normalized spacial score (nSPS) is 13.0. The first-order valence-corrected chi connectivity index (χ1v) is 6.86. The van der Waals surface area contributed by atoms with Crippen molar-refractivity contribution in [2.75, 3.05) is 6.54 Å². The zero-order valence-corrected chi connectivity index (χ0v) is 11.3. The third-order valence-electron chi connectivity index (χ3n) is 3.21. The Labute approximate surface area is 108 Å². The van der Waals surface area contributed by atoms with Crippen LogP contribution in [0, 0.1) is 0 Å². The highest BCUT2D eigenvalue weighted by Crippen LogP contribution is 2.13. The molecule has 18 heavy (non-hydrogen) atoms. The second-order valence-corrected chi connectivity index (χ2v) is 4.71. The molecule has 0 fully saturated rings. The highest BCUT2D eigenvalue weighted by Gasteiger charge is 2.09. The summed E-state index contributed by atoms with van der Waals surface area (Å²) in [5.74, 6) is 0. The Bertz CT molecular complexity index is 477. The van der Waals surface area contributed by atoms with Gasteiger partial charge in [-0.2, -0.15) is 0 Å². The summed E-state index contributed by atoms with van der Waals surface area (Å²) in [5.41, 5.74) is 2.04. The number of nitrogens with zero attached hydrogens (tertiary/aromatic N) is 3. The Morgan fingerprint density at radius 3 is 2.89 bits per heavy atom. The molecule has 0 aliphatic carbocycles. The fourth-order valence-electron chi connectivity index (χ4n) is 2.12. The predicted molar refractivity (Wildman–Crippen MR) is 74.4 cm³/mol. The molecular weight excluding hydrogens is 224 g/mol. The number of unbranched alkanes of at least 4 members (excludes halogenated alkanes) is 3. The van der Waals surface area contributed by atoms with Crippen molar-refractivity contribution in [2.24, 2.45) is 0 Å². The van der Waals surface area contributed by atoms with E-state index in [1.165, 1.54) is 25.7 Å². The SMILES string of the molecule is CCCCCCNC(C)n1nnc2ccccc21. The molecule has 0 bridgehead atoms. The van der Waals surface area contributed by atoms with Crippen LogP contribution in [0.3, 0.4) is 0 Å². The monoisotopic (exact) mass is 246 g/mol. The minimum absolute atomic E-state index is 0.194. The van der Waals surface area contributed by atoms with Gasteiger partial charge >= 0.3 is 0 Å². The summed E-state index contributed by atoms with van der Waals surface area (Å²) in [6.45, 7) is 5.40. The average molecular weight is 246 g/mol. The van der Waals surface area contributed by atoms with E-state index in [9.17, 15) is 0 Å². The van der Waals surface area contributed by atoms with Crippen LogP contribution in [0.1, 0.15) is 45.7 Å². The van der Waals surface area contributed by atoms with Gasteiger partial charge in [0.15, 0.2) is 0 Å². The Balaban J connectivity index is 1.90. The number of aromatic nitrogens is 3. The second kappa shape index (κ2) is 6.50. The maximum Gasteiger partial charge on any atom is 0.113 e. The molecule has 4 nitrogen and oxygen atoms in total. The summed E-state index contributed by atoms with van der Waals surface area (Å²) in [6, 6.07) is 8.07. The molecule has 1 aromatic heterocycles. The van der Waals surface area contributed by atoms with Gasteiger partial charge in [0.1, 0.15) is 11.7 Å². The number of nitrogens with one attached hydrogen (secondary N) is 1. The van der Waals surface area contributed by atoms with Crippen LogP contribution in [-0.2, 0) is 0 Å². The van der Waals surface area contributed by atoms with Gasteiger partial charge < -0.3 is 0 Å². The van der Waals surface area contributed by atoms with Gasteiger partial charge in [0.25, 0.3) is 0 Å². The van der Waals surface area contributed by atoms with E-state index in [2.05, 4.69) is 35.5 Å². The number of hydrogen-bond acceptors (Lipinski definition) is 3. The van der Waals surface area contributed by atoms with Crippen LogP contribution >= 0.6 is 0 Å². The van der Waals surface area contributed by atoms with Crippen molar-refractivity contribution in [1.29, 1.82) is 0 Å². The molecule has 0 aliphatic rings. The van der Waals surface area contributed by atoms with Crippen molar-refractivity contribution < 1.29 is 0 Å². The van der Waals surface area contributed by atoms with Crippen LogP contribution in [0.2, 0.25) is 0 Å². The molecule has 0 spiro atoms. The summed E-state index contributed by atoms with van der Waals surface area (Å²) >= 11 is 0. The molecule has 4 heteroatoms. The molecule has 0 amide bonds. The fourth-order valence-corrected chi connectivity index (χ4v) is 2.12. The van der Waals surface area contributed by atoms with Gasteiger partial charge in [0, 0.05) is 0 Å². The van der Waals surface area contributed by atoms with E-state index in [1.807, 2.05) is 22.9 Å². The lowest BCUT2D eigenvalue weighted by molar-refractivity contribution is 0.396. The lowest BCUT2D eigenvalue weighted by Gasteiger charge is -2.14. The van der Waals surface area contributed by atoms with E-state index >= 15 is 0 Å². The molecule has 0 aliphatic heterocycles. The Kier molecular flexibility index (Phi) is 4.70. The minimum atomic E-state index is 0.194. The van der Waals surface area contributed by atoms with Crippen LogP contribution in [0.25, 0.3) is 11.0 Å². The van der Waals surface area contributed by atoms with Gasteiger partial charge in [-0.1, -0.05) is 43.5 Å². The molecule has 0 saturated carbocycles. The molecular formula is C14H22N4. The van der Waals surface area contributed by atoms with Crippen LogP contribution < -0.4 is 5.32 Å². The zero-order valence-electron chi connectivity index (χ0n) is 11.3. The second-order valence-electron chi connectivity index (χ2n) is 4.71. The Hall–Kier alpha value is -1.42. The third kappa shape index (κ3) is 3.07. The molecule has 2 rings (SSSR count). The molecule has 0 saturated heterocycles. The van der Waals surface area contributed by atoms with Gasteiger partial charge in [-0.05, 0) is 32.0 Å². The van der Waals surface area contributed by atoms with Crippen LogP contribution in [0.15, 0.2) is 24.3 Å². The fraction of sp³-hybridized carbons (Fsp3) is 0.571. The first-order valence-electron chi connectivity index (χ1n) is 6.86. The van der Waals surface area contributed by atoms with Gasteiger partial charge in [-0.15, -0.1) is 5.10 Å². The summed E-state index contributed by atoms with van der Waals surface area (Å²) < 4.78 is 1.95. The van der Waals surface area contributed by atoms with Gasteiger partial charge in [-0.25, -0.2) is 4.68 Å². The minimum Gasteiger partial charge on any atom is -0.296 e. The first kappa shape index (κ1) is 13.0. The summed E-state index contributed by atoms with van der Waals surface area (Å²) in [5, 5.41) is 11.9. The molecule has 1 aromatic carbocycles. The van der Waals surface area contributed by atoms with E-state index in [-0.39, 0.29) is 6.17 Å². The Morgan fingerprint density at radius 2 is 2.06 bits per heavy atom. The number of fused-ring (bicyclic) bond motifs is 1. The molecule has 1 heterocycles. The summed E-state index contributed by atoms with van der Waals surface area (Å²) in [7, 11) is 0. The van der Waals surface area contributed by atoms with Crippen molar-refractivity contribution in [3.63, 3.8) is 0 Å². The third-order valence-corrected chi connectivity index (χ3v) is 3.21. The molecule has 1 atom stereocenters. The van der Waals surface area contributed by atoms with Gasteiger partial charge in [0.05, 0.1) is 5.52 Å². The van der Waals surface area contributed by atoms with Crippen molar-refractivity contribution >= 4 is 11.0 Å². The van der Waals surface area contributed by atoms with E-state index in [0.29, 0.717) is 0 Å². The van der Waals surface area contributed by atoms with E-state index in [0.717, 1.165) is 17.6 Å². The molecule has 0 radical (unpaired) electrons. The van der Waals surface area contributed by atoms with Crippen molar-refractivity contribution in [3.05, 3.63) is 24.3 Å². The zero-order chi connectivity index (χ0) is 12.8. The lowest BCUT2D eigenvalue weighted by Crippen LogP contribution is -2.25. The number of para-hydroxylation sites is 1. The summed E-state index contributed by atoms with van der Waals surface area (Å²) in [4.78, 5) is 0. The van der Waals surface area contributed by atoms with Crippen molar-refractivity contribution in [2.45, 2.75) is 45.7 Å². The Morgan fingerprint density at radius 1 is 1.22 bits per heavy atom. The number of hydrogen-bond donors (Lipinski definition) is 1. The van der Waals surface area contributed by atoms with Crippen LogP contribution in [0.4, 0.5) is 0 Å². The average Bonchev–Trinajstić information content (AvgIpc) is 2.82. The largest absolute Gasteiger partial charge is 0.296 e. The van der Waals surface area contributed by atoms with Crippen molar-refractivity contribution in [3.8, 4) is 0 Å². The van der Waals surface area contributed by atoms with E-state index in [1.54, 1.807) is 0 Å². The maximum atomic E-state index is 4.21. The molecule has 1 unspecified atom stereocenters. The van der Waals surface area contributed by atoms with Crippen LogP contribution in [0.5, 0.6) is 0 Å². The molecule has 2 aromatic rings. The van der Waals surface area contributed by atoms with Gasteiger partial charge in [0.2, 0.25) is 0 Å². The van der Waals surface area contributed by atoms with E-state index in [4.69, 9.17) is 0 Å². The molecule has 1 N–H and O–H groups in total. The topological polar surface area (TPSA) is 42.7 Å². The highest BCUT2D eigenvalue weighted by molar-refractivity contribution is 5.73. The predicted octanol–water partition coefficient (Wildman–Crippen LogP) is 3.12. The lowest BCUT2D eigenvalue weighted by atomic mass is 10.2.